The molecule has 0 radical (unpaired) electrons. The zero-order chi connectivity index (χ0) is 31.5. The molecule has 1 fully saturated rings. The summed E-state index contributed by atoms with van der Waals surface area (Å²) in [7, 11) is 3.27. The number of carbonyl (C=O) groups is 1. The van der Waals surface area contributed by atoms with Crippen LogP contribution < -0.4 is 19.5 Å². The molecular formula is C36H48N2O6. The summed E-state index contributed by atoms with van der Waals surface area (Å²) in [5, 5.41) is 3.48. The minimum Gasteiger partial charge on any atom is -0.493 e. The molecule has 1 aliphatic rings. The van der Waals surface area contributed by atoms with Crippen LogP contribution in [0.25, 0.3) is 11.1 Å². The van der Waals surface area contributed by atoms with Crippen molar-refractivity contribution in [3.63, 3.8) is 0 Å². The molecule has 1 aliphatic heterocycles. The van der Waals surface area contributed by atoms with Crippen LogP contribution in [0.2, 0.25) is 0 Å². The minimum absolute atomic E-state index is 0.0141. The van der Waals surface area contributed by atoms with E-state index in [1.54, 1.807) is 32.4 Å². The molecule has 0 saturated carbocycles. The maximum atomic E-state index is 13.8. The second-order valence-electron chi connectivity index (χ2n) is 11.7. The van der Waals surface area contributed by atoms with Crippen molar-refractivity contribution >= 4 is 5.91 Å². The Morgan fingerprint density at radius 3 is 2.48 bits per heavy atom. The van der Waals surface area contributed by atoms with Gasteiger partial charge in [0.15, 0.2) is 11.5 Å². The van der Waals surface area contributed by atoms with E-state index in [0.717, 1.165) is 42.0 Å². The highest BCUT2D eigenvalue weighted by Gasteiger charge is 2.32. The summed E-state index contributed by atoms with van der Waals surface area (Å²) in [5.74, 6) is 2.16. The maximum absolute atomic E-state index is 13.8. The Labute approximate surface area is 262 Å². The first-order chi connectivity index (χ1) is 21.3. The summed E-state index contributed by atoms with van der Waals surface area (Å²) in [5.41, 5.74) is 3.84. The number of para-hydroxylation sites is 1. The van der Waals surface area contributed by atoms with Gasteiger partial charge in [-0.25, -0.2) is 0 Å². The molecule has 1 unspecified atom stereocenters. The van der Waals surface area contributed by atoms with Gasteiger partial charge in [0.2, 0.25) is 0 Å². The molecule has 1 amide bonds. The van der Waals surface area contributed by atoms with E-state index in [2.05, 4.69) is 35.6 Å². The second kappa shape index (κ2) is 16.5. The molecule has 44 heavy (non-hydrogen) atoms. The normalized spacial score (nSPS) is 16.4. The van der Waals surface area contributed by atoms with Crippen molar-refractivity contribution in [3.8, 4) is 28.4 Å². The lowest BCUT2D eigenvalue weighted by Crippen LogP contribution is -2.43. The van der Waals surface area contributed by atoms with E-state index in [0.29, 0.717) is 43.4 Å². The molecule has 0 aromatic heterocycles. The molecule has 1 saturated heterocycles. The molecule has 8 nitrogen and oxygen atoms in total. The van der Waals surface area contributed by atoms with E-state index < -0.39 is 0 Å². The smallest absolute Gasteiger partial charge is 0.254 e. The van der Waals surface area contributed by atoms with Gasteiger partial charge in [-0.15, -0.1) is 0 Å². The number of nitrogens with zero attached hydrogens (tertiary/aromatic N) is 1. The van der Waals surface area contributed by atoms with Crippen molar-refractivity contribution in [2.24, 2.45) is 5.92 Å². The summed E-state index contributed by atoms with van der Waals surface area (Å²) in [6, 6.07) is 22.0. The molecule has 0 bridgehead atoms. The number of carbonyl (C=O) groups excluding carboxylic acids is 1. The van der Waals surface area contributed by atoms with E-state index in [-0.39, 0.29) is 30.1 Å². The van der Waals surface area contributed by atoms with Crippen LogP contribution in [0.3, 0.4) is 0 Å². The van der Waals surface area contributed by atoms with Crippen LogP contribution in [0, 0.1) is 5.92 Å². The monoisotopic (exact) mass is 604 g/mol. The first kappa shape index (κ1) is 33.3. The zero-order valence-corrected chi connectivity index (χ0v) is 27.0. The molecule has 4 rings (SSSR count). The van der Waals surface area contributed by atoms with Crippen molar-refractivity contribution in [1.29, 1.82) is 0 Å². The fourth-order valence-corrected chi connectivity index (χ4v) is 5.43. The Bertz CT molecular complexity index is 1340. The first-order valence-corrected chi connectivity index (χ1v) is 15.6. The van der Waals surface area contributed by atoms with Crippen LogP contribution in [-0.2, 0) is 16.1 Å². The number of ether oxygens (including phenoxy) is 5. The van der Waals surface area contributed by atoms with Crippen LogP contribution in [0.15, 0.2) is 66.7 Å². The lowest BCUT2D eigenvalue weighted by atomic mass is 10.0. The van der Waals surface area contributed by atoms with Crippen LogP contribution in [0.5, 0.6) is 17.2 Å². The minimum atomic E-state index is -0.0370. The van der Waals surface area contributed by atoms with Gasteiger partial charge in [0.25, 0.3) is 5.91 Å². The van der Waals surface area contributed by atoms with Gasteiger partial charge in [0.05, 0.1) is 32.5 Å². The van der Waals surface area contributed by atoms with E-state index in [4.69, 9.17) is 23.7 Å². The molecule has 1 heterocycles. The SMILES string of the molecule is COCCCOc1cc(C(=O)N(C[C@@H]2CNCC2OCc2cccc(-c3ccccc3OC(C)C)c2)C(C)C)ccc1OC. The largest absolute Gasteiger partial charge is 0.493 e. The Hall–Kier alpha value is -3.59. The number of amides is 1. The van der Waals surface area contributed by atoms with Gasteiger partial charge in [-0.3, -0.25) is 4.79 Å². The fraction of sp³-hybridized carbons (Fsp3) is 0.472. The summed E-state index contributed by atoms with van der Waals surface area (Å²) in [6.07, 6.45) is 0.827. The maximum Gasteiger partial charge on any atom is 0.254 e. The van der Waals surface area contributed by atoms with Crippen molar-refractivity contribution in [1.82, 2.24) is 10.2 Å². The molecule has 0 aliphatic carbocycles. The third-order valence-electron chi connectivity index (χ3n) is 7.71. The topological polar surface area (TPSA) is 78.5 Å². The molecule has 3 aromatic carbocycles. The number of hydrogen-bond donors (Lipinski definition) is 1. The highest BCUT2D eigenvalue weighted by atomic mass is 16.5. The van der Waals surface area contributed by atoms with Gasteiger partial charge >= 0.3 is 0 Å². The van der Waals surface area contributed by atoms with Crippen molar-refractivity contribution < 1.29 is 28.5 Å². The van der Waals surface area contributed by atoms with Crippen LogP contribution in [0.4, 0.5) is 0 Å². The van der Waals surface area contributed by atoms with Gasteiger partial charge in [-0.05, 0) is 69.2 Å². The molecule has 1 N–H and O–H groups in total. The van der Waals surface area contributed by atoms with E-state index in [1.807, 2.05) is 50.8 Å². The number of nitrogens with one attached hydrogen (secondary N) is 1. The number of benzene rings is 3. The van der Waals surface area contributed by atoms with E-state index in [1.165, 1.54) is 0 Å². The Morgan fingerprint density at radius 1 is 0.909 bits per heavy atom. The lowest BCUT2D eigenvalue weighted by molar-refractivity contribution is 0.0129. The predicted molar refractivity (Wildman–Crippen MR) is 174 cm³/mol. The van der Waals surface area contributed by atoms with Gasteiger partial charge in [0.1, 0.15) is 5.75 Å². The Morgan fingerprint density at radius 2 is 1.73 bits per heavy atom. The fourth-order valence-electron chi connectivity index (χ4n) is 5.43. The number of methoxy groups -OCH3 is 2. The zero-order valence-electron chi connectivity index (χ0n) is 27.0. The predicted octanol–water partition coefficient (Wildman–Crippen LogP) is 6.22. The van der Waals surface area contributed by atoms with Crippen molar-refractivity contribution in [2.75, 3.05) is 47.1 Å². The van der Waals surface area contributed by atoms with Crippen molar-refractivity contribution in [3.05, 3.63) is 77.9 Å². The van der Waals surface area contributed by atoms with Gasteiger partial charge in [0, 0.05) is 62.9 Å². The van der Waals surface area contributed by atoms with Gasteiger partial charge in [-0.2, -0.15) is 0 Å². The Balaban J connectivity index is 1.42. The van der Waals surface area contributed by atoms with Gasteiger partial charge < -0.3 is 33.9 Å². The molecule has 2 atom stereocenters. The lowest BCUT2D eigenvalue weighted by Gasteiger charge is -2.31. The third kappa shape index (κ3) is 8.97. The summed E-state index contributed by atoms with van der Waals surface area (Å²) >= 11 is 0. The standard InChI is InChI=1S/C36H48N2O6/c1-25(2)38(36(39)29-15-16-33(41-6)34(20-29)42-18-10-17-40-5)23-30-21-37-22-35(30)43-24-27-11-9-12-28(19-27)31-13-7-8-14-32(31)44-26(3)4/h7-9,11-16,19-20,25-26,30,35,37H,10,17-18,21-24H2,1-6H3/t30-,35?/m0/s1. The molecule has 8 heteroatoms. The average Bonchev–Trinajstić information content (AvgIpc) is 3.47. The van der Waals surface area contributed by atoms with Crippen molar-refractivity contribution in [2.45, 2.75) is 59.0 Å². The summed E-state index contributed by atoms with van der Waals surface area (Å²) in [6.45, 7) is 11.9. The quantitative estimate of drug-likeness (QED) is 0.195. The average molecular weight is 605 g/mol. The van der Waals surface area contributed by atoms with Gasteiger partial charge in [-0.1, -0.05) is 36.4 Å². The van der Waals surface area contributed by atoms with Crippen LogP contribution in [0.1, 0.15) is 50.0 Å². The van der Waals surface area contributed by atoms with E-state index in [9.17, 15) is 4.79 Å². The highest BCUT2D eigenvalue weighted by molar-refractivity contribution is 5.95. The third-order valence-corrected chi connectivity index (χ3v) is 7.71. The van der Waals surface area contributed by atoms with E-state index >= 15 is 0 Å². The molecule has 0 spiro atoms. The summed E-state index contributed by atoms with van der Waals surface area (Å²) < 4.78 is 29.1. The van der Waals surface area contributed by atoms with Crippen LogP contribution >= 0.6 is 0 Å². The molecule has 3 aromatic rings. The number of hydrogen-bond acceptors (Lipinski definition) is 7. The second-order valence-corrected chi connectivity index (χ2v) is 11.7. The first-order valence-electron chi connectivity index (χ1n) is 15.6. The van der Waals surface area contributed by atoms with Crippen LogP contribution in [-0.4, -0.2) is 76.1 Å². The summed E-state index contributed by atoms with van der Waals surface area (Å²) in [4.78, 5) is 15.7. The number of rotatable bonds is 16. The molecule has 238 valence electrons. The highest BCUT2D eigenvalue weighted by Crippen LogP contribution is 2.32. The Kier molecular flexibility index (Phi) is 12.5. The molecular weight excluding hydrogens is 556 g/mol.